The molecule has 4 nitrogen and oxygen atoms in total. The summed E-state index contributed by atoms with van der Waals surface area (Å²) in [4.78, 5) is 8.78. The second-order valence-corrected chi connectivity index (χ2v) is 7.04. The van der Waals surface area contributed by atoms with Gasteiger partial charge in [0.2, 0.25) is 5.95 Å². The molecule has 19 heavy (non-hydrogen) atoms. The van der Waals surface area contributed by atoms with Crippen molar-refractivity contribution in [3.63, 3.8) is 0 Å². The third kappa shape index (κ3) is 3.75. The first-order valence-electron chi connectivity index (χ1n) is 6.74. The molecular weight excluding hydrogens is 324 g/mol. The zero-order chi connectivity index (χ0) is 13.7. The molecule has 1 aliphatic carbocycles. The van der Waals surface area contributed by atoms with Crippen molar-refractivity contribution in [3.8, 4) is 0 Å². The molecule has 0 aliphatic heterocycles. The fraction of sp³-hybridized carbons (Fsp3) is 0.692. The van der Waals surface area contributed by atoms with E-state index in [0.29, 0.717) is 10.7 Å². The number of anilines is 2. The molecule has 2 N–H and O–H groups in total. The highest BCUT2D eigenvalue weighted by Gasteiger charge is 2.36. The van der Waals surface area contributed by atoms with E-state index in [9.17, 15) is 0 Å². The van der Waals surface area contributed by atoms with Crippen LogP contribution in [0.3, 0.4) is 0 Å². The van der Waals surface area contributed by atoms with E-state index < -0.39 is 0 Å². The molecule has 0 unspecified atom stereocenters. The molecule has 2 rings (SSSR count). The largest absolute Gasteiger partial charge is 0.368 e. The summed E-state index contributed by atoms with van der Waals surface area (Å²) in [6, 6.07) is 0. The minimum atomic E-state index is 0.404. The van der Waals surface area contributed by atoms with E-state index in [-0.39, 0.29) is 0 Å². The van der Waals surface area contributed by atoms with E-state index in [1.807, 2.05) is 11.8 Å². The molecule has 1 aliphatic rings. The molecule has 0 atom stereocenters. The minimum Gasteiger partial charge on any atom is -0.368 e. The van der Waals surface area contributed by atoms with Crippen LogP contribution in [0.4, 0.5) is 11.8 Å². The number of aromatic nitrogens is 2. The number of thioether (sulfide) groups is 1. The summed E-state index contributed by atoms with van der Waals surface area (Å²) in [5.41, 5.74) is 0. The second kappa shape index (κ2) is 6.79. The first kappa shape index (κ1) is 14.9. The van der Waals surface area contributed by atoms with Gasteiger partial charge >= 0.3 is 0 Å². The van der Waals surface area contributed by atoms with Crippen molar-refractivity contribution in [2.75, 3.05) is 30.0 Å². The fourth-order valence-electron chi connectivity index (χ4n) is 2.08. The number of nitrogens with one attached hydrogen (secondary N) is 2. The van der Waals surface area contributed by atoms with Gasteiger partial charge in [0.05, 0.1) is 4.47 Å². The van der Waals surface area contributed by atoms with Gasteiger partial charge in [-0.15, -0.1) is 0 Å². The van der Waals surface area contributed by atoms with Crippen LogP contribution in [0, 0.1) is 0 Å². The molecule has 0 saturated heterocycles. The summed E-state index contributed by atoms with van der Waals surface area (Å²) in [6.07, 6.45) is 9.01. The van der Waals surface area contributed by atoms with Crippen LogP contribution in [0.1, 0.15) is 32.6 Å². The summed E-state index contributed by atoms with van der Waals surface area (Å²) < 4.78 is 1.33. The van der Waals surface area contributed by atoms with Crippen molar-refractivity contribution in [3.05, 3.63) is 10.7 Å². The maximum atomic E-state index is 4.52. The highest BCUT2D eigenvalue weighted by atomic mass is 79.9. The smallest absolute Gasteiger partial charge is 0.224 e. The molecule has 1 aromatic heterocycles. The molecule has 0 spiro atoms. The van der Waals surface area contributed by atoms with Crippen molar-refractivity contribution in [2.45, 2.75) is 37.4 Å². The van der Waals surface area contributed by atoms with E-state index in [4.69, 9.17) is 0 Å². The molecule has 1 heterocycles. The van der Waals surface area contributed by atoms with E-state index in [0.717, 1.165) is 29.8 Å². The molecule has 106 valence electrons. The fourth-order valence-corrected chi connectivity index (χ4v) is 3.33. The van der Waals surface area contributed by atoms with Crippen LogP contribution in [0.5, 0.6) is 0 Å². The van der Waals surface area contributed by atoms with Crippen LogP contribution >= 0.6 is 27.7 Å². The lowest BCUT2D eigenvalue weighted by Gasteiger charge is -2.40. The van der Waals surface area contributed by atoms with Crippen LogP contribution in [-0.2, 0) is 0 Å². The SMILES string of the molecule is CCCNc1ncc(Br)c(NCC2(SC)CCC2)n1. The Balaban J connectivity index is 1.98. The maximum Gasteiger partial charge on any atom is 0.224 e. The normalized spacial score (nSPS) is 16.8. The zero-order valence-electron chi connectivity index (χ0n) is 11.5. The van der Waals surface area contributed by atoms with Gasteiger partial charge in [-0.3, -0.25) is 0 Å². The van der Waals surface area contributed by atoms with Crippen LogP contribution < -0.4 is 10.6 Å². The summed E-state index contributed by atoms with van der Waals surface area (Å²) >= 11 is 5.47. The van der Waals surface area contributed by atoms with E-state index in [1.54, 1.807) is 6.20 Å². The van der Waals surface area contributed by atoms with Gasteiger partial charge in [0, 0.05) is 24.0 Å². The van der Waals surface area contributed by atoms with Gasteiger partial charge in [0.25, 0.3) is 0 Å². The van der Waals surface area contributed by atoms with Crippen molar-refractivity contribution in [1.29, 1.82) is 0 Å². The Hall–Kier alpha value is -0.490. The van der Waals surface area contributed by atoms with Gasteiger partial charge in [0.1, 0.15) is 5.82 Å². The van der Waals surface area contributed by atoms with Crippen LogP contribution in [-0.4, -0.2) is 34.1 Å². The molecule has 1 fully saturated rings. The Morgan fingerprint density at radius 2 is 2.21 bits per heavy atom. The molecule has 0 bridgehead atoms. The quantitative estimate of drug-likeness (QED) is 0.788. The summed E-state index contributed by atoms with van der Waals surface area (Å²) in [5, 5.41) is 6.68. The topological polar surface area (TPSA) is 49.8 Å². The van der Waals surface area contributed by atoms with Gasteiger partial charge in [-0.1, -0.05) is 13.3 Å². The number of halogens is 1. The Morgan fingerprint density at radius 3 is 2.79 bits per heavy atom. The van der Waals surface area contributed by atoms with Gasteiger partial charge in [0.15, 0.2) is 0 Å². The van der Waals surface area contributed by atoms with E-state index in [2.05, 4.69) is 49.7 Å². The average Bonchev–Trinajstić information content (AvgIpc) is 2.38. The van der Waals surface area contributed by atoms with Crippen LogP contribution in [0.15, 0.2) is 10.7 Å². The Bertz CT molecular complexity index is 418. The zero-order valence-corrected chi connectivity index (χ0v) is 13.9. The minimum absolute atomic E-state index is 0.404. The third-order valence-electron chi connectivity index (χ3n) is 3.55. The van der Waals surface area contributed by atoms with Crippen LogP contribution in [0.25, 0.3) is 0 Å². The van der Waals surface area contributed by atoms with E-state index in [1.165, 1.54) is 19.3 Å². The van der Waals surface area contributed by atoms with Crippen molar-refractivity contribution in [1.82, 2.24) is 9.97 Å². The average molecular weight is 345 g/mol. The summed E-state index contributed by atoms with van der Waals surface area (Å²) in [6.45, 7) is 4.00. The Morgan fingerprint density at radius 1 is 1.42 bits per heavy atom. The molecule has 0 aromatic carbocycles. The lowest BCUT2D eigenvalue weighted by Crippen LogP contribution is -2.40. The first-order chi connectivity index (χ1) is 9.19. The van der Waals surface area contributed by atoms with Gasteiger partial charge in [-0.25, -0.2) is 4.98 Å². The van der Waals surface area contributed by atoms with Gasteiger partial charge < -0.3 is 10.6 Å². The van der Waals surface area contributed by atoms with Crippen molar-refractivity contribution >= 4 is 39.5 Å². The Kier molecular flexibility index (Phi) is 5.33. The molecule has 1 saturated carbocycles. The summed E-state index contributed by atoms with van der Waals surface area (Å²) in [5.74, 6) is 1.58. The predicted molar refractivity (Wildman–Crippen MR) is 87.1 cm³/mol. The second-order valence-electron chi connectivity index (χ2n) is 4.91. The highest BCUT2D eigenvalue weighted by Crippen LogP contribution is 2.42. The monoisotopic (exact) mass is 344 g/mol. The molecular formula is C13H21BrN4S. The molecule has 0 radical (unpaired) electrons. The number of rotatable bonds is 7. The molecule has 1 aromatic rings. The van der Waals surface area contributed by atoms with Gasteiger partial charge in [-0.2, -0.15) is 16.7 Å². The van der Waals surface area contributed by atoms with Crippen LogP contribution in [0.2, 0.25) is 0 Å². The number of nitrogens with zero attached hydrogens (tertiary/aromatic N) is 2. The standard InChI is InChI=1S/C13H21BrN4S/c1-3-7-15-12-16-8-10(14)11(18-12)17-9-13(19-2)5-4-6-13/h8H,3-7,9H2,1-2H3,(H2,15,16,17,18). The van der Waals surface area contributed by atoms with Gasteiger partial charge in [-0.05, 0) is 41.4 Å². The highest BCUT2D eigenvalue weighted by molar-refractivity contribution is 9.10. The first-order valence-corrected chi connectivity index (χ1v) is 8.76. The third-order valence-corrected chi connectivity index (χ3v) is 5.55. The van der Waals surface area contributed by atoms with Crippen molar-refractivity contribution in [2.24, 2.45) is 0 Å². The van der Waals surface area contributed by atoms with E-state index >= 15 is 0 Å². The lowest BCUT2D eigenvalue weighted by atomic mass is 9.84. The van der Waals surface area contributed by atoms with Crippen molar-refractivity contribution < 1.29 is 0 Å². The molecule has 6 heteroatoms. The number of hydrogen-bond acceptors (Lipinski definition) is 5. The maximum absolute atomic E-state index is 4.52. The Labute approximate surface area is 127 Å². The summed E-state index contributed by atoms with van der Waals surface area (Å²) in [7, 11) is 0. The number of hydrogen-bond donors (Lipinski definition) is 2. The predicted octanol–water partition coefficient (Wildman–Crippen LogP) is 3.76. The lowest BCUT2D eigenvalue weighted by molar-refractivity contribution is 0.379. The molecule has 0 amide bonds.